The molecule has 6 nitrogen and oxygen atoms in total. The molecule has 2 amide bonds. The molecule has 1 heterocycles. The molecule has 0 atom stereocenters. The fourth-order valence-electron chi connectivity index (χ4n) is 1.59. The average Bonchev–Trinajstić information content (AvgIpc) is 2.55. The van der Waals surface area contributed by atoms with Crippen LogP contribution < -0.4 is 0 Å². The summed E-state index contributed by atoms with van der Waals surface area (Å²) < 4.78 is 0. The van der Waals surface area contributed by atoms with Gasteiger partial charge in [0.05, 0.1) is 17.7 Å². The number of imide groups is 1. The number of rotatable bonds is 3. The van der Waals surface area contributed by atoms with Crippen molar-refractivity contribution in [1.29, 1.82) is 0 Å². The van der Waals surface area contributed by atoms with Gasteiger partial charge in [0.1, 0.15) is 0 Å². The molecule has 6 heteroatoms. The molecule has 0 aliphatic carbocycles. The Bertz CT molecular complexity index is 514. The number of amides is 2. The van der Waals surface area contributed by atoms with Gasteiger partial charge in [0, 0.05) is 0 Å². The summed E-state index contributed by atoms with van der Waals surface area (Å²) in [7, 11) is 0. The van der Waals surface area contributed by atoms with Gasteiger partial charge in [-0.05, 0) is 12.1 Å². The zero-order valence-corrected chi connectivity index (χ0v) is 8.54. The van der Waals surface area contributed by atoms with Crippen LogP contribution in [0.15, 0.2) is 24.3 Å². The Kier molecular flexibility index (Phi) is 2.47. The molecule has 1 aliphatic rings. The average molecular weight is 233 g/mol. The number of benzene rings is 1. The van der Waals surface area contributed by atoms with E-state index in [1.165, 1.54) is 12.1 Å². The van der Waals surface area contributed by atoms with E-state index >= 15 is 0 Å². The highest BCUT2D eigenvalue weighted by molar-refractivity contribution is 6.35. The lowest BCUT2D eigenvalue weighted by Crippen LogP contribution is -2.37. The van der Waals surface area contributed by atoms with Gasteiger partial charge in [-0.1, -0.05) is 12.1 Å². The number of hydrogen-bond donors (Lipinski definition) is 1. The van der Waals surface area contributed by atoms with Crippen molar-refractivity contribution in [2.45, 2.75) is 0 Å². The van der Waals surface area contributed by atoms with Crippen LogP contribution in [-0.4, -0.2) is 40.1 Å². The minimum absolute atomic E-state index is 0.190. The van der Waals surface area contributed by atoms with Crippen LogP contribution in [0.4, 0.5) is 0 Å². The van der Waals surface area contributed by atoms with Crippen molar-refractivity contribution in [3.05, 3.63) is 35.4 Å². The highest BCUT2D eigenvalue weighted by Gasteiger charge is 2.37. The van der Waals surface area contributed by atoms with Gasteiger partial charge in [0.2, 0.25) is 0 Å². The lowest BCUT2D eigenvalue weighted by Gasteiger charge is -2.10. The first kappa shape index (κ1) is 11.0. The normalized spacial score (nSPS) is 13.8. The van der Waals surface area contributed by atoms with Gasteiger partial charge in [0.25, 0.3) is 17.6 Å². The van der Waals surface area contributed by atoms with Gasteiger partial charge in [-0.15, -0.1) is 0 Å². The summed E-state index contributed by atoms with van der Waals surface area (Å²) in [5, 5.41) is 8.43. The quantitative estimate of drug-likeness (QED) is 0.583. The summed E-state index contributed by atoms with van der Waals surface area (Å²) in [4.78, 5) is 45.5. The minimum atomic E-state index is -1.67. The molecule has 0 bridgehead atoms. The molecule has 2 rings (SSSR count). The summed E-state index contributed by atoms with van der Waals surface area (Å²) in [5.41, 5.74) is 0.381. The lowest BCUT2D eigenvalue weighted by atomic mass is 10.1. The maximum atomic E-state index is 11.7. The van der Waals surface area contributed by atoms with Crippen molar-refractivity contribution in [3.8, 4) is 0 Å². The summed E-state index contributed by atoms with van der Waals surface area (Å²) >= 11 is 0. The van der Waals surface area contributed by atoms with Crippen LogP contribution in [-0.2, 0) is 9.59 Å². The van der Waals surface area contributed by atoms with Crippen LogP contribution in [0.3, 0.4) is 0 Å². The van der Waals surface area contributed by atoms with E-state index in [2.05, 4.69) is 0 Å². The smallest absolute Gasteiger partial charge is 0.374 e. The number of aliphatic carboxylic acids is 1. The van der Waals surface area contributed by atoms with E-state index in [9.17, 15) is 19.2 Å². The van der Waals surface area contributed by atoms with Gasteiger partial charge in [-0.25, -0.2) is 4.79 Å². The number of carbonyl (C=O) groups excluding carboxylic acids is 3. The standard InChI is InChI=1S/C11H7NO5/c13-8(11(16)17)5-12-9(14)6-3-1-2-4-7(6)10(12)15/h1-4H,5H2,(H,16,17). The Morgan fingerprint density at radius 1 is 1.06 bits per heavy atom. The zero-order valence-electron chi connectivity index (χ0n) is 8.54. The maximum absolute atomic E-state index is 11.7. The number of hydrogen-bond acceptors (Lipinski definition) is 4. The van der Waals surface area contributed by atoms with E-state index in [0.29, 0.717) is 4.90 Å². The summed E-state index contributed by atoms with van der Waals surface area (Å²) in [6.07, 6.45) is 0. The third kappa shape index (κ3) is 1.69. The molecular formula is C11H7NO5. The van der Waals surface area contributed by atoms with Crippen LogP contribution in [0.1, 0.15) is 20.7 Å². The van der Waals surface area contributed by atoms with Crippen molar-refractivity contribution < 1.29 is 24.3 Å². The number of carbonyl (C=O) groups is 4. The van der Waals surface area contributed by atoms with Crippen LogP contribution >= 0.6 is 0 Å². The van der Waals surface area contributed by atoms with Crippen molar-refractivity contribution in [3.63, 3.8) is 0 Å². The van der Waals surface area contributed by atoms with E-state index in [1.807, 2.05) is 0 Å². The van der Waals surface area contributed by atoms with Crippen molar-refractivity contribution in [2.75, 3.05) is 6.54 Å². The van der Waals surface area contributed by atoms with Crippen LogP contribution in [0.2, 0.25) is 0 Å². The predicted octanol–water partition coefficient (Wildman–Crippen LogP) is -0.0637. The Hall–Kier alpha value is -2.50. The Balaban J connectivity index is 2.31. The number of nitrogens with zero attached hydrogens (tertiary/aromatic N) is 1. The van der Waals surface area contributed by atoms with Crippen molar-refractivity contribution >= 4 is 23.6 Å². The van der Waals surface area contributed by atoms with E-state index in [0.717, 1.165) is 0 Å². The molecule has 0 saturated heterocycles. The summed E-state index contributed by atoms with van der Waals surface area (Å²) in [6.45, 7) is -0.734. The highest BCUT2D eigenvalue weighted by Crippen LogP contribution is 2.21. The molecule has 0 aromatic heterocycles. The maximum Gasteiger partial charge on any atom is 0.374 e. The number of fused-ring (bicyclic) bond motifs is 1. The van der Waals surface area contributed by atoms with Crippen molar-refractivity contribution in [1.82, 2.24) is 4.90 Å². The summed E-state index contributed by atoms with van der Waals surface area (Å²) in [6, 6.07) is 6.10. The second-order valence-corrected chi connectivity index (χ2v) is 3.47. The van der Waals surface area contributed by atoms with Gasteiger partial charge in [-0.2, -0.15) is 0 Å². The van der Waals surface area contributed by atoms with E-state index < -0.39 is 30.1 Å². The lowest BCUT2D eigenvalue weighted by molar-refractivity contribution is -0.149. The molecule has 1 aliphatic heterocycles. The largest absolute Gasteiger partial charge is 0.475 e. The first-order valence-electron chi connectivity index (χ1n) is 4.73. The highest BCUT2D eigenvalue weighted by atomic mass is 16.4. The van der Waals surface area contributed by atoms with Crippen LogP contribution in [0, 0.1) is 0 Å². The van der Waals surface area contributed by atoms with Crippen molar-refractivity contribution in [2.24, 2.45) is 0 Å². The first-order valence-corrected chi connectivity index (χ1v) is 4.73. The Morgan fingerprint density at radius 2 is 1.53 bits per heavy atom. The second kappa shape index (κ2) is 3.82. The molecule has 0 fully saturated rings. The molecule has 1 aromatic carbocycles. The molecule has 17 heavy (non-hydrogen) atoms. The predicted molar refractivity (Wildman–Crippen MR) is 54.5 cm³/mol. The SMILES string of the molecule is O=C(O)C(=O)CN1C(=O)c2ccccc2C1=O. The molecule has 0 radical (unpaired) electrons. The molecule has 1 N–H and O–H groups in total. The Morgan fingerprint density at radius 3 is 1.94 bits per heavy atom. The third-order valence-electron chi connectivity index (χ3n) is 2.42. The molecule has 86 valence electrons. The molecule has 0 unspecified atom stereocenters. The molecule has 0 spiro atoms. The number of Topliss-reactive ketones (excluding diaryl/α,β-unsaturated/α-hetero) is 1. The van der Waals surface area contributed by atoms with Crippen LogP contribution in [0.25, 0.3) is 0 Å². The molecule has 1 aromatic rings. The number of carboxylic acid groups (broad SMARTS) is 1. The fraction of sp³-hybridized carbons (Fsp3) is 0.0909. The molecule has 0 saturated carbocycles. The van der Waals surface area contributed by atoms with E-state index in [1.54, 1.807) is 12.1 Å². The summed E-state index contributed by atoms with van der Waals surface area (Å²) in [5.74, 6) is -4.14. The Labute approximate surface area is 95.5 Å². The van der Waals surface area contributed by atoms with Gasteiger partial charge in [-0.3, -0.25) is 19.3 Å². The van der Waals surface area contributed by atoms with Crippen LogP contribution in [0.5, 0.6) is 0 Å². The fourth-order valence-corrected chi connectivity index (χ4v) is 1.59. The zero-order chi connectivity index (χ0) is 12.6. The van der Waals surface area contributed by atoms with Gasteiger partial charge in [0.15, 0.2) is 0 Å². The first-order chi connectivity index (χ1) is 8.02. The monoisotopic (exact) mass is 233 g/mol. The molecular weight excluding hydrogens is 226 g/mol. The van der Waals surface area contributed by atoms with Gasteiger partial charge >= 0.3 is 5.97 Å². The van der Waals surface area contributed by atoms with E-state index in [4.69, 9.17) is 5.11 Å². The van der Waals surface area contributed by atoms with E-state index in [-0.39, 0.29) is 11.1 Å². The topological polar surface area (TPSA) is 91.8 Å². The van der Waals surface area contributed by atoms with Gasteiger partial charge < -0.3 is 5.11 Å². The number of carboxylic acids is 1. The minimum Gasteiger partial charge on any atom is -0.475 e. The second-order valence-electron chi connectivity index (χ2n) is 3.47. The number of ketones is 1. The third-order valence-corrected chi connectivity index (χ3v) is 2.42.